The fourth-order valence-electron chi connectivity index (χ4n) is 1.83. The third-order valence-electron chi connectivity index (χ3n) is 2.83. The summed E-state index contributed by atoms with van der Waals surface area (Å²) < 4.78 is 11.2. The maximum absolute atomic E-state index is 11.2. The van der Waals surface area contributed by atoms with Crippen LogP contribution < -0.4 is 20.5 Å². The smallest absolute Gasteiger partial charge is 0.234 e. The molecule has 1 aliphatic rings. The molecule has 5 heteroatoms. The monoisotopic (exact) mass is 250 g/mol. The van der Waals surface area contributed by atoms with Gasteiger partial charge in [0.2, 0.25) is 5.91 Å². The highest BCUT2D eigenvalue weighted by atomic mass is 16.5. The van der Waals surface area contributed by atoms with Crippen LogP contribution in [0.5, 0.6) is 11.5 Å². The van der Waals surface area contributed by atoms with E-state index in [9.17, 15) is 4.79 Å². The first-order valence-electron chi connectivity index (χ1n) is 6.09. The van der Waals surface area contributed by atoms with Crippen molar-refractivity contribution in [1.82, 2.24) is 5.32 Å². The molecule has 1 aromatic rings. The van der Waals surface area contributed by atoms with Gasteiger partial charge >= 0.3 is 0 Å². The Labute approximate surface area is 106 Å². The van der Waals surface area contributed by atoms with Crippen molar-refractivity contribution < 1.29 is 14.3 Å². The number of nitrogens with two attached hydrogens (primary N) is 1. The zero-order valence-electron chi connectivity index (χ0n) is 10.4. The van der Waals surface area contributed by atoms with E-state index in [4.69, 9.17) is 15.2 Å². The van der Waals surface area contributed by atoms with Gasteiger partial charge < -0.3 is 20.5 Å². The van der Waals surface area contributed by atoms with E-state index in [-0.39, 0.29) is 18.5 Å². The number of fused-ring (bicyclic) bond motifs is 1. The molecule has 98 valence electrons. The lowest BCUT2D eigenvalue weighted by atomic mass is 10.1. The van der Waals surface area contributed by atoms with Gasteiger partial charge in [-0.05, 0) is 24.6 Å². The van der Waals surface area contributed by atoms with Gasteiger partial charge in [-0.15, -0.1) is 0 Å². The summed E-state index contributed by atoms with van der Waals surface area (Å²) in [5.74, 6) is 1.32. The molecule has 0 bridgehead atoms. The molecule has 18 heavy (non-hydrogen) atoms. The fraction of sp³-hybridized carbons (Fsp3) is 0.462. The van der Waals surface area contributed by atoms with Gasteiger partial charge in [0.25, 0.3) is 0 Å². The van der Waals surface area contributed by atoms with E-state index in [1.165, 1.54) is 0 Å². The fourth-order valence-corrected chi connectivity index (χ4v) is 1.83. The van der Waals surface area contributed by atoms with Crippen molar-refractivity contribution in [2.45, 2.75) is 19.4 Å². The van der Waals surface area contributed by atoms with Crippen molar-refractivity contribution in [3.63, 3.8) is 0 Å². The van der Waals surface area contributed by atoms with Crippen molar-refractivity contribution >= 4 is 5.91 Å². The van der Waals surface area contributed by atoms with Crippen LogP contribution in [0.1, 0.15) is 24.9 Å². The maximum Gasteiger partial charge on any atom is 0.234 e. The van der Waals surface area contributed by atoms with Gasteiger partial charge in [0.1, 0.15) is 0 Å². The molecule has 0 radical (unpaired) electrons. The van der Waals surface area contributed by atoms with Crippen LogP contribution in [0.2, 0.25) is 0 Å². The maximum atomic E-state index is 11.2. The number of carbonyl (C=O) groups is 1. The molecule has 3 N–H and O–H groups in total. The minimum absolute atomic E-state index is 0.00507. The number of benzene rings is 1. The van der Waals surface area contributed by atoms with Gasteiger partial charge in [0, 0.05) is 6.42 Å². The molecule has 1 amide bonds. The Kier molecular flexibility index (Phi) is 4.04. The quantitative estimate of drug-likeness (QED) is 0.838. The minimum atomic E-state index is -0.172. The van der Waals surface area contributed by atoms with Crippen molar-refractivity contribution in [3.05, 3.63) is 23.8 Å². The van der Waals surface area contributed by atoms with Crippen LogP contribution in [-0.2, 0) is 4.79 Å². The molecule has 1 aromatic carbocycles. The summed E-state index contributed by atoms with van der Waals surface area (Å²) in [7, 11) is 0. The second-order valence-corrected chi connectivity index (χ2v) is 4.25. The zero-order chi connectivity index (χ0) is 13.0. The van der Waals surface area contributed by atoms with Crippen LogP contribution in [-0.4, -0.2) is 25.7 Å². The number of amides is 1. The number of rotatable bonds is 3. The Morgan fingerprint density at radius 3 is 2.83 bits per heavy atom. The van der Waals surface area contributed by atoms with E-state index < -0.39 is 0 Å². The van der Waals surface area contributed by atoms with Crippen molar-refractivity contribution in [1.29, 1.82) is 0 Å². The van der Waals surface area contributed by atoms with Crippen LogP contribution >= 0.6 is 0 Å². The van der Waals surface area contributed by atoms with Crippen molar-refractivity contribution in [2.24, 2.45) is 5.73 Å². The second kappa shape index (κ2) is 5.73. The van der Waals surface area contributed by atoms with E-state index in [1.54, 1.807) is 0 Å². The molecule has 5 nitrogen and oxygen atoms in total. The van der Waals surface area contributed by atoms with Crippen molar-refractivity contribution in [3.8, 4) is 11.5 Å². The molecule has 1 aliphatic heterocycles. The predicted molar refractivity (Wildman–Crippen MR) is 67.7 cm³/mol. The third-order valence-corrected chi connectivity index (χ3v) is 2.83. The molecule has 0 fully saturated rings. The molecule has 1 atom stereocenters. The Bertz CT molecular complexity index is 434. The SMILES string of the molecule is CC(NC(=O)CN)c1ccc2c(c1)OCCCO2. The lowest BCUT2D eigenvalue weighted by molar-refractivity contribution is -0.120. The molecule has 0 aromatic heterocycles. The van der Waals surface area contributed by atoms with Gasteiger partial charge in [-0.25, -0.2) is 0 Å². The largest absolute Gasteiger partial charge is 0.490 e. The lowest BCUT2D eigenvalue weighted by Crippen LogP contribution is -2.32. The summed E-state index contributed by atoms with van der Waals surface area (Å²) in [5.41, 5.74) is 6.25. The van der Waals surface area contributed by atoms with Gasteiger partial charge in [0.15, 0.2) is 11.5 Å². The molecule has 1 unspecified atom stereocenters. The van der Waals surface area contributed by atoms with E-state index in [0.717, 1.165) is 23.5 Å². The first-order valence-corrected chi connectivity index (χ1v) is 6.09. The van der Waals surface area contributed by atoms with Crippen LogP contribution in [0.25, 0.3) is 0 Å². The summed E-state index contributed by atoms with van der Waals surface area (Å²) in [5, 5.41) is 2.81. The molecule has 0 spiro atoms. The zero-order valence-corrected chi connectivity index (χ0v) is 10.4. The summed E-state index contributed by atoms with van der Waals surface area (Å²) in [4.78, 5) is 11.2. The third kappa shape index (κ3) is 2.92. The Hall–Kier alpha value is -1.75. The molecule has 0 saturated carbocycles. The van der Waals surface area contributed by atoms with Crippen LogP contribution in [0.3, 0.4) is 0 Å². The number of hydrogen-bond acceptors (Lipinski definition) is 4. The minimum Gasteiger partial charge on any atom is -0.490 e. The highest BCUT2D eigenvalue weighted by Crippen LogP contribution is 2.32. The lowest BCUT2D eigenvalue weighted by Gasteiger charge is -2.16. The number of hydrogen-bond donors (Lipinski definition) is 2. The summed E-state index contributed by atoms with van der Waals surface area (Å²) >= 11 is 0. The van der Waals surface area contributed by atoms with E-state index >= 15 is 0 Å². The molecular formula is C13H18N2O3. The number of nitrogens with one attached hydrogen (secondary N) is 1. The first-order chi connectivity index (χ1) is 8.70. The highest BCUT2D eigenvalue weighted by molar-refractivity contribution is 5.78. The van der Waals surface area contributed by atoms with Crippen molar-refractivity contribution in [2.75, 3.05) is 19.8 Å². The predicted octanol–water partition coefficient (Wildman–Crippen LogP) is 0.984. The Balaban J connectivity index is 2.14. The summed E-state index contributed by atoms with van der Waals surface area (Å²) in [6.07, 6.45) is 0.878. The van der Waals surface area contributed by atoms with Crippen LogP contribution in [0.15, 0.2) is 18.2 Å². The van der Waals surface area contributed by atoms with E-state index in [1.807, 2.05) is 25.1 Å². The van der Waals surface area contributed by atoms with E-state index in [0.29, 0.717) is 13.2 Å². The summed E-state index contributed by atoms with van der Waals surface area (Å²) in [6.45, 7) is 3.23. The molecule has 0 aliphatic carbocycles. The van der Waals surface area contributed by atoms with E-state index in [2.05, 4.69) is 5.32 Å². The second-order valence-electron chi connectivity index (χ2n) is 4.25. The average Bonchev–Trinajstić information content (AvgIpc) is 2.62. The molecule has 0 saturated heterocycles. The topological polar surface area (TPSA) is 73.6 Å². The number of ether oxygens (including phenoxy) is 2. The Morgan fingerprint density at radius 2 is 2.11 bits per heavy atom. The highest BCUT2D eigenvalue weighted by Gasteiger charge is 2.14. The standard InChI is InChI=1S/C13H18N2O3/c1-9(15-13(16)8-14)10-3-4-11-12(7-10)18-6-2-5-17-11/h3-4,7,9H,2,5-6,8,14H2,1H3,(H,15,16). The molecule has 2 rings (SSSR count). The van der Waals surface area contributed by atoms with Crippen LogP contribution in [0.4, 0.5) is 0 Å². The Morgan fingerprint density at radius 1 is 1.39 bits per heavy atom. The normalized spacial score (nSPS) is 15.7. The van der Waals surface area contributed by atoms with Gasteiger partial charge in [-0.3, -0.25) is 4.79 Å². The molecule has 1 heterocycles. The average molecular weight is 250 g/mol. The van der Waals surface area contributed by atoms with Crippen LogP contribution in [0, 0.1) is 0 Å². The first kappa shape index (κ1) is 12.7. The van der Waals surface area contributed by atoms with Gasteiger partial charge in [0.05, 0.1) is 25.8 Å². The summed E-state index contributed by atoms with van der Waals surface area (Å²) in [6, 6.07) is 5.61. The molecular weight excluding hydrogens is 232 g/mol. The number of carbonyl (C=O) groups excluding carboxylic acids is 1. The van der Waals surface area contributed by atoms with Gasteiger partial charge in [-0.1, -0.05) is 6.07 Å². The van der Waals surface area contributed by atoms with Gasteiger partial charge in [-0.2, -0.15) is 0 Å².